The van der Waals surface area contributed by atoms with Gasteiger partial charge in [0.25, 0.3) is 0 Å². The molecule has 1 aromatic heterocycles. The van der Waals surface area contributed by atoms with Gasteiger partial charge in [0, 0.05) is 16.7 Å². The highest BCUT2D eigenvalue weighted by Crippen LogP contribution is 2.22. The molecule has 8 heteroatoms. The summed E-state index contributed by atoms with van der Waals surface area (Å²) in [5.41, 5.74) is 1.96. The third-order valence-corrected chi connectivity index (χ3v) is 5.31. The van der Waals surface area contributed by atoms with Crippen LogP contribution in [-0.2, 0) is 16.1 Å². The molecule has 3 rings (SSSR count). The van der Waals surface area contributed by atoms with Gasteiger partial charge in [0.05, 0.1) is 12.2 Å². The SMILES string of the molecule is Cc1nn(Cc2ccccc2)c(Cl)c1C(=O)OCC(=O)c1ccc(NC(=O)C(C)(C)C)cc1. The predicted octanol–water partition coefficient (Wildman–Crippen LogP) is 4.92. The Morgan fingerprint density at radius 3 is 2.27 bits per heavy atom. The monoisotopic (exact) mass is 467 g/mol. The van der Waals surface area contributed by atoms with Crippen LogP contribution in [0.15, 0.2) is 54.6 Å². The number of benzene rings is 2. The first-order chi connectivity index (χ1) is 15.6. The van der Waals surface area contributed by atoms with Crippen LogP contribution in [0, 0.1) is 12.3 Å². The molecule has 0 aliphatic carbocycles. The number of hydrogen-bond donors (Lipinski definition) is 1. The van der Waals surface area contributed by atoms with Gasteiger partial charge in [0.2, 0.25) is 5.91 Å². The Morgan fingerprint density at radius 2 is 1.67 bits per heavy atom. The van der Waals surface area contributed by atoms with Gasteiger partial charge in [-0.05, 0) is 36.8 Å². The maximum absolute atomic E-state index is 12.6. The molecule has 0 fully saturated rings. The van der Waals surface area contributed by atoms with Gasteiger partial charge in [-0.3, -0.25) is 9.59 Å². The van der Waals surface area contributed by atoms with E-state index in [1.165, 1.54) is 4.68 Å². The van der Waals surface area contributed by atoms with Gasteiger partial charge in [-0.2, -0.15) is 5.10 Å². The Morgan fingerprint density at radius 1 is 1.03 bits per heavy atom. The van der Waals surface area contributed by atoms with Gasteiger partial charge in [-0.15, -0.1) is 0 Å². The van der Waals surface area contributed by atoms with Crippen molar-refractivity contribution in [3.63, 3.8) is 0 Å². The lowest BCUT2D eigenvalue weighted by molar-refractivity contribution is -0.123. The van der Waals surface area contributed by atoms with E-state index in [2.05, 4.69) is 10.4 Å². The molecule has 0 atom stereocenters. The summed E-state index contributed by atoms with van der Waals surface area (Å²) in [6, 6.07) is 16.0. The van der Waals surface area contributed by atoms with Gasteiger partial charge in [-0.1, -0.05) is 62.7 Å². The van der Waals surface area contributed by atoms with E-state index < -0.39 is 18.0 Å². The van der Waals surface area contributed by atoms with Crippen LogP contribution in [-0.4, -0.2) is 34.0 Å². The maximum atomic E-state index is 12.6. The van der Waals surface area contributed by atoms with E-state index in [0.717, 1.165) is 5.56 Å². The summed E-state index contributed by atoms with van der Waals surface area (Å²) in [5.74, 6) is -1.21. The molecular weight excluding hydrogens is 442 g/mol. The normalized spacial score (nSPS) is 11.2. The van der Waals surface area contributed by atoms with Crippen LogP contribution in [0.2, 0.25) is 5.15 Å². The van der Waals surface area contributed by atoms with Gasteiger partial charge in [0.1, 0.15) is 10.7 Å². The predicted molar refractivity (Wildman–Crippen MR) is 127 cm³/mol. The van der Waals surface area contributed by atoms with Crippen molar-refractivity contribution < 1.29 is 19.1 Å². The third kappa shape index (κ3) is 6.08. The number of nitrogens with zero attached hydrogens (tertiary/aromatic N) is 2. The molecular formula is C25H26ClN3O4. The van der Waals surface area contributed by atoms with E-state index in [-0.39, 0.29) is 22.4 Å². The molecule has 1 N–H and O–H groups in total. The summed E-state index contributed by atoms with van der Waals surface area (Å²) < 4.78 is 6.74. The number of carbonyl (C=O) groups excluding carboxylic acids is 3. The number of esters is 1. The standard InChI is InChI=1S/C25H26ClN3O4/c1-16-21(22(26)29(28-16)14-17-8-6-5-7-9-17)23(31)33-15-20(30)18-10-12-19(13-11-18)27-24(32)25(2,3)4/h5-13H,14-15H2,1-4H3,(H,27,32). The molecule has 33 heavy (non-hydrogen) atoms. The number of Topliss-reactive ketones (excluding diaryl/α,β-unsaturated/α-hetero) is 1. The number of nitrogens with one attached hydrogen (secondary N) is 1. The topological polar surface area (TPSA) is 90.3 Å². The minimum absolute atomic E-state index is 0.129. The molecule has 0 aliphatic heterocycles. The van der Waals surface area contributed by atoms with Gasteiger partial charge in [-0.25, -0.2) is 9.48 Å². The van der Waals surface area contributed by atoms with Crippen LogP contribution in [0.4, 0.5) is 5.69 Å². The van der Waals surface area contributed by atoms with Crippen molar-refractivity contribution >= 4 is 34.9 Å². The zero-order chi connectivity index (χ0) is 24.2. The molecule has 0 radical (unpaired) electrons. The molecule has 1 heterocycles. The highest BCUT2D eigenvalue weighted by atomic mass is 35.5. The first-order valence-electron chi connectivity index (χ1n) is 10.4. The van der Waals surface area contributed by atoms with Crippen LogP contribution >= 0.6 is 11.6 Å². The minimum atomic E-state index is -0.709. The molecule has 7 nitrogen and oxygen atoms in total. The summed E-state index contributed by atoms with van der Waals surface area (Å²) in [7, 11) is 0. The maximum Gasteiger partial charge on any atom is 0.343 e. The number of anilines is 1. The van der Waals surface area contributed by atoms with E-state index in [0.29, 0.717) is 23.5 Å². The molecule has 0 spiro atoms. The van der Waals surface area contributed by atoms with E-state index in [1.54, 1.807) is 31.2 Å². The molecule has 0 unspecified atom stereocenters. The molecule has 0 aliphatic rings. The lowest BCUT2D eigenvalue weighted by atomic mass is 9.95. The number of halogens is 1. The Balaban J connectivity index is 1.61. The molecule has 0 saturated heterocycles. The van der Waals surface area contributed by atoms with E-state index in [9.17, 15) is 14.4 Å². The molecule has 0 bridgehead atoms. The molecule has 0 saturated carbocycles. The number of ether oxygens (including phenoxy) is 1. The van der Waals surface area contributed by atoms with Gasteiger partial charge < -0.3 is 10.1 Å². The third-order valence-electron chi connectivity index (χ3n) is 4.93. The number of carbonyl (C=O) groups is 3. The minimum Gasteiger partial charge on any atom is -0.454 e. The fourth-order valence-electron chi connectivity index (χ4n) is 2.99. The fourth-order valence-corrected chi connectivity index (χ4v) is 3.30. The second-order valence-electron chi connectivity index (χ2n) is 8.68. The van der Waals surface area contributed by atoms with Crippen molar-refractivity contribution in [3.8, 4) is 0 Å². The number of aryl methyl sites for hydroxylation is 1. The fraction of sp³-hybridized carbons (Fsp3) is 0.280. The first kappa shape index (κ1) is 24.2. The Hall–Kier alpha value is -3.45. The first-order valence-corrected chi connectivity index (χ1v) is 10.8. The average molecular weight is 468 g/mol. The number of ketones is 1. The number of amides is 1. The second kappa shape index (κ2) is 10.0. The smallest absolute Gasteiger partial charge is 0.343 e. The van der Waals surface area contributed by atoms with E-state index in [1.807, 2.05) is 51.1 Å². The van der Waals surface area contributed by atoms with Crippen LogP contribution in [0.5, 0.6) is 0 Å². The summed E-state index contributed by atoms with van der Waals surface area (Å²) in [5, 5.41) is 7.28. The van der Waals surface area contributed by atoms with Crippen molar-refractivity contribution in [2.45, 2.75) is 34.2 Å². The number of hydrogen-bond acceptors (Lipinski definition) is 5. The van der Waals surface area contributed by atoms with Gasteiger partial charge >= 0.3 is 5.97 Å². The Labute approximate surface area is 197 Å². The summed E-state index contributed by atoms with van der Waals surface area (Å²) in [6.07, 6.45) is 0. The average Bonchev–Trinajstić information content (AvgIpc) is 3.05. The van der Waals surface area contributed by atoms with Crippen molar-refractivity contribution in [2.75, 3.05) is 11.9 Å². The zero-order valence-electron chi connectivity index (χ0n) is 19.0. The number of aromatic nitrogens is 2. The van der Waals surface area contributed by atoms with Crippen LogP contribution in [0.1, 0.15) is 52.7 Å². The Bertz CT molecular complexity index is 1160. The van der Waals surface area contributed by atoms with E-state index in [4.69, 9.17) is 16.3 Å². The summed E-state index contributed by atoms with van der Waals surface area (Å²) in [6.45, 7) is 7.07. The highest BCUT2D eigenvalue weighted by molar-refractivity contribution is 6.32. The van der Waals surface area contributed by atoms with Gasteiger partial charge in [0.15, 0.2) is 12.4 Å². The molecule has 1 amide bonds. The second-order valence-corrected chi connectivity index (χ2v) is 9.03. The van der Waals surface area contributed by atoms with Crippen LogP contribution in [0.25, 0.3) is 0 Å². The Kier molecular flexibility index (Phi) is 7.33. The number of rotatable bonds is 7. The summed E-state index contributed by atoms with van der Waals surface area (Å²) >= 11 is 6.38. The largest absolute Gasteiger partial charge is 0.454 e. The molecule has 3 aromatic rings. The van der Waals surface area contributed by atoms with E-state index >= 15 is 0 Å². The van der Waals surface area contributed by atoms with Crippen molar-refractivity contribution in [3.05, 3.63) is 82.1 Å². The van der Waals surface area contributed by atoms with Crippen molar-refractivity contribution in [2.24, 2.45) is 5.41 Å². The quantitative estimate of drug-likeness (QED) is 0.393. The van der Waals surface area contributed by atoms with Crippen molar-refractivity contribution in [1.82, 2.24) is 9.78 Å². The summed E-state index contributed by atoms with van der Waals surface area (Å²) in [4.78, 5) is 37.1. The van der Waals surface area contributed by atoms with Crippen LogP contribution < -0.4 is 5.32 Å². The lowest BCUT2D eigenvalue weighted by Gasteiger charge is -2.17. The molecule has 2 aromatic carbocycles. The lowest BCUT2D eigenvalue weighted by Crippen LogP contribution is -2.27. The highest BCUT2D eigenvalue weighted by Gasteiger charge is 2.23. The molecule has 172 valence electrons. The van der Waals surface area contributed by atoms with Crippen LogP contribution in [0.3, 0.4) is 0 Å². The zero-order valence-corrected chi connectivity index (χ0v) is 19.8. The van der Waals surface area contributed by atoms with Crippen molar-refractivity contribution in [1.29, 1.82) is 0 Å².